The number of carboxylic acid groups (broad SMARTS) is 1. The molecule has 3 aromatic rings. The van der Waals surface area contributed by atoms with E-state index in [1.807, 2.05) is 12.1 Å². The van der Waals surface area contributed by atoms with E-state index in [1.54, 1.807) is 41.3 Å². The normalized spacial score (nSPS) is 13.4. The summed E-state index contributed by atoms with van der Waals surface area (Å²) in [4.78, 5) is 40.3. The molecule has 1 aromatic heterocycles. The maximum Gasteiger partial charge on any atom is 0.339 e. The van der Waals surface area contributed by atoms with Crippen LogP contribution in [0, 0.1) is 0 Å². The molecule has 176 valence electrons. The largest absolute Gasteiger partial charge is 0.478 e. The number of carbonyl (C=O) groups excluding carboxylic acids is 2. The first-order valence-electron chi connectivity index (χ1n) is 10.9. The van der Waals surface area contributed by atoms with Gasteiger partial charge in [-0.3, -0.25) is 9.59 Å². The van der Waals surface area contributed by atoms with Crippen LogP contribution in [0.2, 0.25) is 5.02 Å². The number of benzene rings is 2. The second-order valence-electron chi connectivity index (χ2n) is 9.25. The molecule has 0 atom stereocenters. The fourth-order valence-corrected chi connectivity index (χ4v) is 5.46. The Hall–Kier alpha value is -3.16. The molecule has 0 saturated heterocycles. The molecular weight excluding hydrogens is 472 g/mol. The molecule has 0 aliphatic carbocycles. The van der Waals surface area contributed by atoms with Gasteiger partial charge in [0.05, 0.1) is 22.7 Å². The number of amides is 2. The van der Waals surface area contributed by atoms with Crippen LogP contribution in [-0.4, -0.2) is 34.3 Å². The van der Waals surface area contributed by atoms with Crippen LogP contribution < -0.4 is 5.32 Å². The number of fused-ring (bicyclic) bond motifs is 1. The molecule has 0 bridgehead atoms. The van der Waals surface area contributed by atoms with Crippen molar-refractivity contribution in [1.29, 1.82) is 0 Å². The van der Waals surface area contributed by atoms with Crippen LogP contribution in [-0.2, 0) is 18.4 Å². The zero-order valence-electron chi connectivity index (χ0n) is 19.1. The van der Waals surface area contributed by atoms with Crippen molar-refractivity contribution in [2.24, 2.45) is 0 Å². The number of anilines is 1. The number of hydrogen-bond acceptors (Lipinski definition) is 4. The summed E-state index contributed by atoms with van der Waals surface area (Å²) in [7, 11) is 0. The highest BCUT2D eigenvalue weighted by Crippen LogP contribution is 2.38. The molecule has 2 aromatic carbocycles. The monoisotopic (exact) mass is 496 g/mol. The van der Waals surface area contributed by atoms with Crippen LogP contribution in [0.5, 0.6) is 0 Å². The molecule has 0 spiro atoms. The molecule has 6 nitrogen and oxygen atoms in total. The fourth-order valence-electron chi connectivity index (χ4n) is 3.99. The van der Waals surface area contributed by atoms with Gasteiger partial charge < -0.3 is 15.3 Å². The molecule has 34 heavy (non-hydrogen) atoms. The lowest BCUT2D eigenvalue weighted by atomic mass is 9.87. The van der Waals surface area contributed by atoms with Crippen molar-refractivity contribution in [2.45, 2.75) is 39.2 Å². The number of hydrogen-bond donors (Lipinski definition) is 2. The van der Waals surface area contributed by atoms with Crippen LogP contribution >= 0.6 is 22.9 Å². The van der Waals surface area contributed by atoms with E-state index in [4.69, 9.17) is 11.6 Å². The van der Waals surface area contributed by atoms with Gasteiger partial charge in [0.2, 0.25) is 0 Å². The summed E-state index contributed by atoms with van der Waals surface area (Å²) in [5.41, 5.74) is 2.70. The average Bonchev–Trinajstić information content (AvgIpc) is 3.15. The van der Waals surface area contributed by atoms with E-state index in [2.05, 4.69) is 26.1 Å². The second kappa shape index (κ2) is 9.24. The van der Waals surface area contributed by atoms with Crippen molar-refractivity contribution in [2.75, 3.05) is 11.9 Å². The van der Waals surface area contributed by atoms with Crippen molar-refractivity contribution in [3.05, 3.63) is 86.2 Å². The number of carboxylic acids is 1. The van der Waals surface area contributed by atoms with E-state index in [9.17, 15) is 19.5 Å². The summed E-state index contributed by atoms with van der Waals surface area (Å²) in [6, 6.07) is 14.2. The summed E-state index contributed by atoms with van der Waals surface area (Å²) in [6.07, 6.45) is 0.389. The van der Waals surface area contributed by atoms with E-state index < -0.39 is 5.97 Å². The van der Waals surface area contributed by atoms with Gasteiger partial charge in [0, 0.05) is 17.0 Å². The standard InChI is InChI=1S/C26H25ClN2O4S/c1-26(2,3)16-10-8-15(9-11-16)22(30)28-23-21(25(32)33)18-12-13-29(14-20(18)34-23)24(31)17-6-4-5-7-19(17)27/h4-11H,12-14H2,1-3H3,(H,28,30)(H,32,33). The summed E-state index contributed by atoms with van der Waals surface area (Å²) in [5.74, 6) is -1.67. The summed E-state index contributed by atoms with van der Waals surface area (Å²) >= 11 is 7.39. The number of aromatic carboxylic acids is 1. The Kier molecular flexibility index (Phi) is 6.51. The molecule has 2 N–H and O–H groups in total. The van der Waals surface area contributed by atoms with Gasteiger partial charge in [-0.1, -0.05) is 56.6 Å². The summed E-state index contributed by atoms with van der Waals surface area (Å²) in [6.45, 7) is 6.92. The minimum atomic E-state index is -1.10. The molecule has 8 heteroatoms. The lowest BCUT2D eigenvalue weighted by Gasteiger charge is -2.27. The fraction of sp³-hybridized carbons (Fsp3) is 0.269. The first-order valence-corrected chi connectivity index (χ1v) is 12.1. The maximum absolute atomic E-state index is 13.0. The van der Waals surface area contributed by atoms with Crippen LogP contribution in [0.3, 0.4) is 0 Å². The van der Waals surface area contributed by atoms with Gasteiger partial charge >= 0.3 is 5.97 Å². The minimum absolute atomic E-state index is 0.0361. The zero-order valence-corrected chi connectivity index (χ0v) is 20.7. The van der Waals surface area contributed by atoms with Crippen molar-refractivity contribution in [3.8, 4) is 0 Å². The lowest BCUT2D eigenvalue weighted by molar-refractivity contribution is 0.0696. The number of halogens is 1. The van der Waals surface area contributed by atoms with Crippen LogP contribution in [0.1, 0.15) is 67.8 Å². The third kappa shape index (κ3) is 4.72. The van der Waals surface area contributed by atoms with E-state index >= 15 is 0 Å². The Morgan fingerprint density at radius 3 is 2.35 bits per heavy atom. The van der Waals surface area contributed by atoms with E-state index in [0.29, 0.717) is 34.7 Å². The van der Waals surface area contributed by atoms with Crippen LogP contribution in [0.25, 0.3) is 0 Å². The molecule has 0 unspecified atom stereocenters. The van der Waals surface area contributed by atoms with E-state index in [0.717, 1.165) is 10.4 Å². The van der Waals surface area contributed by atoms with Gasteiger partial charge in [-0.15, -0.1) is 11.3 Å². The van der Waals surface area contributed by atoms with Gasteiger partial charge in [-0.05, 0) is 47.2 Å². The molecule has 2 amide bonds. The third-order valence-electron chi connectivity index (χ3n) is 5.90. The predicted molar refractivity (Wildman–Crippen MR) is 134 cm³/mol. The Labute approximate surface area is 207 Å². The SMILES string of the molecule is CC(C)(C)c1ccc(C(=O)Nc2sc3c(c2C(=O)O)CCN(C(=O)c2ccccc2Cl)C3)cc1. The van der Waals surface area contributed by atoms with Crippen molar-refractivity contribution >= 4 is 45.7 Å². The quantitative estimate of drug-likeness (QED) is 0.474. The molecule has 0 saturated carbocycles. The Morgan fingerprint density at radius 1 is 1.06 bits per heavy atom. The van der Waals surface area contributed by atoms with Crippen molar-refractivity contribution in [3.63, 3.8) is 0 Å². The zero-order chi connectivity index (χ0) is 24.6. The summed E-state index contributed by atoms with van der Waals surface area (Å²) < 4.78 is 0. The first kappa shape index (κ1) is 24.0. The molecule has 0 radical (unpaired) electrons. The predicted octanol–water partition coefficient (Wildman–Crippen LogP) is 5.85. The maximum atomic E-state index is 13.0. The van der Waals surface area contributed by atoms with Crippen molar-refractivity contribution in [1.82, 2.24) is 4.90 Å². The number of rotatable bonds is 4. The van der Waals surface area contributed by atoms with Crippen LogP contribution in [0.15, 0.2) is 48.5 Å². The molecule has 2 heterocycles. The number of carbonyl (C=O) groups is 3. The third-order valence-corrected chi connectivity index (χ3v) is 7.36. The smallest absolute Gasteiger partial charge is 0.339 e. The van der Waals surface area contributed by atoms with Gasteiger partial charge in [-0.25, -0.2) is 4.79 Å². The molecule has 1 aliphatic rings. The van der Waals surface area contributed by atoms with E-state index in [-0.39, 0.29) is 34.3 Å². The molecular formula is C26H25ClN2O4S. The highest BCUT2D eigenvalue weighted by atomic mass is 35.5. The van der Waals surface area contributed by atoms with E-state index in [1.165, 1.54) is 11.3 Å². The minimum Gasteiger partial charge on any atom is -0.478 e. The van der Waals surface area contributed by atoms with Gasteiger partial charge in [0.15, 0.2) is 0 Å². The van der Waals surface area contributed by atoms with Crippen molar-refractivity contribution < 1.29 is 19.5 Å². The van der Waals surface area contributed by atoms with Gasteiger partial charge in [0.1, 0.15) is 5.00 Å². The Morgan fingerprint density at radius 2 is 1.74 bits per heavy atom. The molecule has 4 rings (SSSR count). The van der Waals surface area contributed by atoms with Gasteiger partial charge in [0.25, 0.3) is 11.8 Å². The average molecular weight is 497 g/mol. The Balaban J connectivity index is 1.58. The number of nitrogens with zero attached hydrogens (tertiary/aromatic N) is 1. The van der Waals surface area contributed by atoms with Crippen LogP contribution in [0.4, 0.5) is 5.00 Å². The summed E-state index contributed by atoms with van der Waals surface area (Å²) in [5, 5.41) is 13.3. The highest BCUT2D eigenvalue weighted by molar-refractivity contribution is 7.17. The highest BCUT2D eigenvalue weighted by Gasteiger charge is 2.31. The number of nitrogens with one attached hydrogen (secondary N) is 1. The second-order valence-corrected chi connectivity index (χ2v) is 10.8. The Bertz CT molecular complexity index is 1270. The molecule has 0 fully saturated rings. The molecule has 1 aliphatic heterocycles. The first-order chi connectivity index (χ1) is 16.1. The number of thiophene rings is 1. The van der Waals surface area contributed by atoms with Gasteiger partial charge in [-0.2, -0.15) is 0 Å². The topological polar surface area (TPSA) is 86.7 Å². The lowest BCUT2D eigenvalue weighted by Crippen LogP contribution is -2.35.